The van der Waals surface area contributed by atoms with Crippen molar-refractivity contribution in [3.05, 3.63) is 69.3 Å². The molecule has 0 aliphatic carbocycles. The van der Waals surface area contributed by atoms with Crippen LogP contribution in [-0.2, 0) is 14.4 Å². The Balaban J connectivity index is 2.07. The van der Waals surface area contributed by atoms with Crippen LogP contribution in [0.3, 0.4) is 0 Å². The van der Waals surface area contributed by atoms with E-state index in [1.165, 1.54) is 43.4 Å². The third kappa shape index (κ3) is 5.45. The summed E-state index contributed by atoms with van der Waals surface area (Å²) in [7, 11) is 2.90. The molecule has 3 rings (SSSR count). The third-order valence-electron chi connectivity index (χ3n) is 5.92. The molecule has 36 heavy (non-hydrogen) atoms. The number of ketones is 1. The van der Waals surface area contributed by atoms with Crippen molar-refractivity contribution in [2.75, 3.05) is 20.8 Å². The Hall–Kier alpha value is -4.41. The topological polar surface area (TPSA) is 157 Å². The monoisotopic (exact) mass is 498 g/mol. The smallest absolute Gasteiger partial charge is 0.303 e. The van der Waals surface area contributed by atoms with Gasteiger partial charge in [-0.15, -0.1) is 0 Å². The molecule has 2 aromatic carbocycles. The molecule has 0 saturated carbocycles. The van der Waals surface area contributed by atoms with Crippen LogP contribution >= 0.6 is 0 Å². The van der Waals surface area contributed by atoms with E-state index in [1.807, 2.05) is 0 Å². The molecule has 1 saturated heterocycles. The second-order valence-corrected chi connectivity index (χ2v) is 8.11. The van der Waals surface area contributed by atoms with Gasteiger partial charge in [-0.1, -0.05) is 6.42 Å². The maximum atomic E-state index is 13.1. The number of ether oxygens (including phenoxy) is 2. The zero-order chi connectivity index (χ0) is 26.4. The van der Waals surface area contributed by atoms with E-state index in [0.29, 0.717) is 36.3 Å². The summed E-state index contributed by atoms with van der Waals surface area (Å²) in [5.41, 5.74) is 0.202. The minimum absolute atomic E-state index is 0.00526. The van der Waals surface area contributed by atoms with Crippen molar-refractivity contribution in [3.8, 4) is 11.5 Å². The van der Waals surface area contributed by atoms with Crippen LogP contribution in [0.5, 0.6) is 11.5 Å². The quantitative estimate of drug-likeness (QED) is 0.118. The van der Waals surface area contributed by atoms with Crippen molar-refractivity contribution in [2.24, 2.45) is 0 Å². The molecule has 1 aliphatic heterocycles. The first-order valence-electron chi connectivity index (χ1n) is 11.2. The number of aliphatic hydroxyl groups excluding tert-OH is 1. The highest BCUT2D eigenvalue weighted by Gasteiger charge is 2.46. The minimum Gasteiger partial charge on any atom is -0.507 e. The van der Waals surface area contributed by atoms with Crippen molar-refractivity contribution in [1.82, 2.24) is 4.90 Å². The van der Waals surface area contributed by atoms with Gasteiger partial charge >= 0.3 is 5.97 Å². The zero-order valence-electron chi connectivity index (χ0n) is 19.8. The summed E-state index contributed by atoms with van der Waals surface area (Å²) < 4.78 is 10.7. The van der Waals surface area contributed by atoms with Gasteiger partial charge in [0.25, 0.3) is 17.4 Å². The highest BCUT2D eigenvalue weighted by molar-refractivity contribution is 6.46. The molecule has 1 aliphatic rings. The first-order valence-corrected chi connectivity index (χ1v) is 11.2. The number of aliphatic hydroxyl groups is 1. The van der Waals surface area contributed by atoms with Gasteiger partial charge in [-0.3, -0.25) is 24.5 Å². The van der Waals surface area contributed by atoms with Gasteiger partial charge in [0, 0.05) is 42.3 Å². The Kier molecular flexibility index (Phi) is 8.26. The normalized spacial score (nSPS) is 16.7. The van der Waals surface area contributed by atoms with E-state index in [9.17, 15) is 29.6 Å². The lowest BCUT2D eigenvalue weighted by molar-refractivity contribution is -0.384. The number of hydrogen-bond acceptors (Lipinski definition) is 8. The summed E-state index contributed by atoms with van der Waals surface area (Å²) in [6.07, 6.45) is 1.37. The molecular weight excluding hydrogens is 472 g/mol. The number of nitro benzene ring substituents is 1. The summed E-state index contributed by atoms with van der Waals surface area (Å²) in [4.78, 5) is 48.7. The van der Waals surface area contributed by atoms with E-state index in [0.717, 1.165) is 0 Å². The molecule has 0 bridgehead atoms. The van der Waals surface area contributed by atoms with Crippen LogP contribution in [0.2, 0.25) is 0 Å². The molecule has 1 fully saturated rings. The lowest BCUT2D eigenvalue weighted by Gasteiger charge is -2.27. The number of non-ortho nitro benzene ring substituents is 1. The molecule has 1 heterocycles. The van der Waals surface area contributed by atoms with Crippen LogP contribution in [0, 0.1) is 10.1 Å². The highest BCUT2D eigenvalue weighted by atomic mass is 16.6. The van der Waals surface area contributed by atoms with Crippen molar-refractivity contribution < 1.29 is 39.0 Å². The number of unbranched alkanes of at least 4 members (excludes halogenated alkanes) is 2. The average Bonchev–Trinajstić information content (AvgIpc) is 3.12. The minimum atomic E-state index is -1.000. The van der Waals surface area contributed by atoms with Crippen LogP contribution in [0.25, 0.3) is 5.76 Å². The number of methoxy groups -OCH3 is 2. The first-order chi connectivity index (χ1) is 17.2. The number of Topliss-reactive ketones (excluding diaryl/α,β-unsaturated/α-hetero) is 1. The van der Waals surface area contributed by atoms with Crippen LogP contribution in [0.15, 0.2) is 48.0 Å². The van der Waals surface area contributed by atoms with E-state index in [1.54, 1.807) is 18.2 Å². The molecule has 11 heteroatoms. The van der Waals surface area contributed by atoms with Crippen molar-refractivity contribution in [1.29, 1.82) is 0 Å². The standard InChI is InChI=1S/C25H26N2O9/c1-35-17-11-12-18(19(14-17)36-2)22-21(23(30)15-7-9-16(10-8-15)27(33)34)24(31)25(32)26(22)13-5-3-4-6-20(28)29/h7-12,14,22,30H,3-6,13H2,1-2H3,(H,28,29)/t22-/m0/s1. The SMILES string of the molecule is COc1ccc([C@H]2C(=C(O)c3ccc([N+](=O)[O-])cc3)C(=O)C(=O)N2CCCCCC(=O)O)c(OC)c1. The van der Waals surface area contributed by atoms with Gasteiger partial charge in [0.15, 0.2) is 0 Å². The largest absolute Gasteiger partial charge is 0.507 e. The summed E-state index contributed by atoms with van der Waals surface area (Å²) in [6.45, 7) is 0.140. The molecule has 11 nitrogen and oxygen atoms in total. The van der Waals surface area contributed by atoms with E-state index in [4.69, 9.17) is 14.6 Å². The van der Waals surface area contributed by atoms with Crippen molar-refractivity contribution >= 4 is 29.1 Å². The Morgan fingerprint density at radius 2 is 1.72 bits per heavy atom. The number of rotatable bonds is 11. The third-order valence-corrected chi connectivity index (χ3v) is 5.92. The molecule has 0 unspecified atom stereocenters. The molecule has 190 valence electrons. The number of carboxylic acids is 1. The van der Waals surface area contributed by atoms with Crippen LogP contribution in [-0.4, -0.2) is 58.5 Å². The fraction of sp³-hybridized carbons (Fsp3) is 0.320. The number of hydrogen-bond donors (Lipinski definition) is 2. The van der Waals surface area contributed by atoms with Crippen LogP contribution in [0.1, 0.15) is 42.9 Å². The number of carbonyl (C=O) groups excluding carboxylic acids is 2. The molecule has 0 spiro atoms. The second kappa shape index (κ2) is 11.3. The molecule has 2 N–H and O–H groups in total. The Morgan fingerprint density at radius 3 is 2.31 bits per heavy atom. The Bertz CT molecular complexity index is 1200. The fourth-order valence-electron chi connectivity index (χ4n) is 4.11. The predicted octanol–water partition coefficient (Wildman–Crippen LogP) is 3.68. The van der Waals surface area contributed by atoms with E-state index < -0.39 is 34.4 Å². The highest BCUT2D eigenvalue weighted by Crippen LogP contribution is 2.43. The number of nitrogens with zero attached hydrogens (tertiary/aromatic N) is 2. The first kappa shape index (κ1) is 26.2. The summed E-state index contributed by atoms with van der Waals surface area (Å²) in [5.74, 6) is -2.30. The number of aliphatic carboxylic acids is 1. The number of carboxylic acid groups (broad SMARTS) is 1. The van der Waals surface area contributed by atoms with Gasteiger partial charge < -0.3 is 24.6 Å². The molecule has 2 aromatic rings. The fourth-order valence-corrected chi connectivity index (χ4v) is 4.11. The Morgan fingerprint density at radius 1 is 1.03 bits per heavy atom. The van der Waals surface area contributed by atoms with E-state index >= 15 is 0 Å². The zero-order valence-corrected chi connectivity index (χ0v) is 19.8. The Labute approximate surface area is 206 Å². The van der Waals surface area contributed by atoms with Gasteiger partial charge in [0.1, 0.15) is 17.3 Å². The van der Waals surface area contributed by atoms with Gasteiger partial charge in [-0.2, -0.15) is 0 Å². The lowest BCUT2D eigenvalue weighted by Crippen LogP contribution is -2.31. The van der Waals surface area contributed by atoms with Gasteiger partial charge in [0.05, 0.1) is 30.8 Å². The van der Waals surface area contributed by atoms with Gasteiger partial charge in [-0.05, 0) is 37.1 Å². The molecule has 1 amide bonds. The summed E-state index contributed by atoms with van der Waals surface area (Å²) >= 11 is 0. The molecule has 0 aromatic heterocycles. The number of carbonyl (C=O) groups is 3. The summed E-state index contributed by atoms with van der Waals surface area (Å²) in [6, 6.07) is 8.84. The number of benzene rings is 2. The number of likely N-dealkylation sites (tertiary alicyclic amines) is 1. The predicted molar refractivity (Wildman–Crippen MR) is 128 cm³/mol. The molecule has 0 radical (unpaired) electrons. The van der Waals surface area contributed by atoms with Crippen molar-refractivity contribution in [2.45, 2.75) is 31.7 Å². The van der Waals surface area contributed by atoms with E-state index in [-0.39, 0.29) is 29.8 Å². The van der Waals surface area contributed by atoms with Crippen LogP contribution in [0.4, 0.5) is 5.69 Å². The van der Waals surface area contributed by atoms with E-state index in [2.05, 4.69) is 0 Å². The maximum absolute atomic E-state index is 13.1. The van der Waals surface area contributed by atoms with Gasteiger partial charge in [0.2, 0.25) is 0 Å². The maximum Gasteiger partial charge on any atom is 0.303 e. The average molecular weight is 498 g/mol. The lowest BCUT2D eigenvalue weighted by atomic mass is 9.94. The van der Waals surface area contributed by atoms with Crippen LogP contribution < -0.4 is 9.47 Å². The number of amides is 1. The van der Waals surface area contributed by atoms with Gasteiger partial charge in [-0.25, -0.2) is 0 Å². The van der Waals surface area contributed by atoms with Crippen molar-refractivity contribution in [3.63, 3.8) is 0 Å². The number of nitro groups is 1. The second-order valence-electron chi connectivity index (χ2n) is 8.11. The molecule has 1 atom stereocenters. The molecular formula is C25H26N2O9. The summed E-state index contributed by atoms with van der Waals surface area (Å²) in [5, 5.41) is 30.9.